The van der Waals surface area contributed by atoms with Crippen molar-refractivity contribution < 1.29 is 4.42 Å². The molecule has 0 spiro atoms. The second-order valence-corrected chi connectivity index (χ2v) is 15.8. The highest BCUT2D eigenvalue weighted by Crippen LogP contribution is 2.42. The summed E-state index contributed by atoms with van der Waals surface area (Å²) in [5, 5.41) is 7.29. The summed E-state index contributed by atoms with van der Waals surface area (Å²) in [5.41, 5.74) is 14.0. The fraction of sp³-hybridized carbons (Fsp3) is 0. The van der Waals surface area contributed by atoms with Crippen LogP contribution in [0.3, 0.4) is 0 Å². The Morgan fingerprint density at radius 3 is 1.88 bits per heavy atom. The van der Waals surface area contributed by atoms with Crippen molar-refractivity contribution in [2.45, 2.75) is 0 Å². The maximum Gasteiger partial charge on any atom is 0.136 e. The summed E-state index contributed by atoms with van der Waals surface area (Å²) < 4.78 is 11.3. The van der Waals surface area contributed by atoms with Crippen LogP contribution in [-0.4, -0.2) is 9.55 Å². The number of hydrogen-bond acceptors (Lipinski definition) is 3. The molecule has 4 aromatic heterocycles. The van der Waals surface area contributed by atoms with E-state index in [-0.39, 0.29) is 0 Å². The smallest absolute Gasteiger partial charge is 0.136 e. The van der Waals surface area contributed by atoms with Crippen molar-refractivity contribution in [1.82, 2.24) is 9.55 Å². The lowest BCUT2D eigenvalue weighted by Crippen LogP contribution is -1.94. The fourth-order valence-electron chi connectivity index (χ4n) is 8.72. The Hall–Kier alpha value is -7.27. The van der Waals surface area contributed by atoms with E-state index in [1.54, 1.807) is 0 Å². The summed E-state index contributed by atoms with van der Waals surface area (Å²) in [7, 11) is 0. The molecule has 0 fully saturated rings. The molecule has 0 bridgehead atoms. The van der Waals surface area contributed by atoms with E-state index in [9.17, 15) is 0 Å². The maximum absolute atomic E-state index is 6.32. The Labute approximate surface area is 332 Å². The molecule has 0 amide bonds. The molecule has 12 aromatic rings. The largest absolute Gasteiger partial charge is 0.456 e. The topological polar surface area (TPSA) is 31.0 Å². The molecule has 0 saturated carbocycles. The van der Waals surface area contributed by atoms with Gasteiger partial charge in [0.2, 0.25) is 0 Å². The van der Waals surface area contributed by atoms with Gasteiger partial charge in [0.25, 0.3) is 0 Å². The first-order valence-corrected chi connectivity index (χ1v) is 20.1. The van der Waals surface area contributed by atoms with Gasteiger partial charge in [0, 0.05) is 58.5 Å². The number of thiophene rings is 1. The number of furan rings is 1. The number of para-hydroxylation sites is 2. The quantitative estimate of drug-likeness (QED) is 0.176. The highest BCUT2D eigenvalue weighted by Gasteiger charge is 2.19. The van der Waals surface area contributed by atoms with Gasteiger partial charge in [0.1, 0.15) is 11.2 Å². The number of pyridine rings is 1. The third-order valence-corrected chi connectivity index (χ3v) is 12.6. The zero-order valence-corrected chi connectivity index (χ0v) is 31.5. The van der Waals surface area contributed by atoms with Crippen LogP contribution in [-0.2, 0) is 0 Å². The second-order valence-electron chi connectivity index (χ2n) is 14.7. The van der Waals surface area contributed by atoms with Gasteiger partial charge in [0.05, 0.1) is 22.4 Å². The monoisotopic (exact) mass is 744 g/mol. The molecule has 0 radical (unpaired) electrons. The van der Waals surface area contributed by atoms with E-state index in [0.29, 0.717) is 0 Å². The molecule has 3 nitrogen and oxygen atoms in total. The molecular weight excluding hydrogens is 713 g/mol. The van der Waals surface area contributed by atoms with E-state index in [1.807, 2.05) is 17.4 Å². The van der Waals surface area contributed by atoms with Crippen molar-refractivity contribution >= 4 is 75.3 Å². The number of hydrogen-bond donors (Lipinski definition) is 0. The van der Waals surface area contributed by atoms with Crippen LogP contribution in [0, 0.1) is 0 Å². The number of fused-ring (bicyclic) bond motifs is 10. The Balaban J connectivity index is 1.02. The lowest BCUT2D eigenvalue weighted by Gasteiger charge is -2.13. The summed E-state index contributed by atoms with van der Waals surface area (Å²) in [6.07, 6.45) is 0. The van der Waals surface area contributed by atoms with Crippen molar-refractivity contribution in [1.29, 1.82) is 0 Å². The van der Waals surface area contributed by atoms with E-state index in [1.165, 1.54) is 47.6 Å². The summed E-state index contributed by atoms with van der Waals surface area (Å²) in [4.78, 5) is 5.37. The average molecular weight is 745 g/mol. The SMILES string of the molecule is c1ccc(-c2cccc(-c3cc(-c4ccc(-n5c6ccccc6c6c7c(ccc65)oc5ccccc57)cc4)cc(-c4ccc5sc6ccccc6c5c4)n3)c2)cc1. The predicted molar refractivity (Wildman–Crippen MR) is 240 cm³/mol. The van der Waals surface area contributed by atoms with Crippen molar-refractivity contribution in [2.75, 3.05) is 0 Å². The average Bonchev–Trinajstić information content (AvgIpc) is 3.96. The van der Waals surface area contributed by atoms with Gasteiger partial charge in [0.15, 0.2) is 0 Å². The lowest BCUT2D eigenvalue weighted by atomic mass is 9.97. The number of nitrogens with zero attached hydrogens (tertiary/aromatic N) is 2. The molecule has 0 saturated heterocycles. The zero-order chi connectivity index (χ0) is 37.5. The van der Waals surface area contributed by atoms with E-state index < -0.39 is 0 Å². The van der Waals surface area contributed by atoms with Crippen molar-refractivity contribution in [3.63, 3.8) is 0 Å². The second kappa shape index (κ2) is 12.6. The van der Waals surface area contributed by atoms with Gasteiger partial charge in [-0.05, 0) is 95.1 Å². The summed E-state index contributed by atoms with van der Waals surface area (Å²) in [5.74, 6) is 0. The maximum atomic E-state index is 6.32. The predicted octanol–water partition coefficient (Wildman–Crippen LogP) is 15.1. The first-order valence-electron chi connectivity index (χ1n) is 19.3. The molecule has 266 valence electrons. The Kier molecular flexibility index (Phi) is 7.10. The van der Waals surface area contributed by atoms with Crippen LogP contribution < -0.4 is 0 Å². The molecule has 0 unspecified atom stereocenters. The van der Waals surface area contributed by atoms with Crippen LogP contribution in [0.1, 0.15) is 0 Å². The van der Waals surface area contributed by atoms with Crippen LogP contribution in [0.2, 0.25) is 0 Å². The molecule has 8 aromatic carbocycles. The molecule has 0 N–H and O–H groups in total. The number of aromatic nitrogens is 2. The van der Waals surface area contributed by atoms with Crippen molar-refractivity contribution in [3.8, 4) is 50.5 Å². The third kappa shape index (κ3) is 5.15. The molecule has 4 heteroatoms. The van der Waals surface area contributed by atoms with Gasteiger partial charge in [-0.3, -0.25) is 0 Å². The summed E-state index contributed by atoms with van der Waals surface area (Å²) in [6.45, 7) is 0. The van der Waals surface area contributed by atoms with Crippen LogP contribution >= 0.6 is 11.3 Å². The lowest BCUT2D eigenvalue weighted by molar-refractivity contribution is 0.669. The van der Waals surface area contributed by atoms with E-state index >= 15 is 0 Å². The molecule has 12 rings (SSSR count). The van der Waals surface area contributed by atoms with Gasteiger partial charge in [-0.25, -0.2) is 4.98 Å². The Morgan fingerprint density at radius 1 is 0.368 bits per heavy atom. The van der Waals surface area contributed by atoms with Crippen molar-refractivity contribution in [3.05, 3.63) is 194 Å². The zero-order valence-electron chi connectivity index (χ0n) is 30.7. The highest BCUT2D eigenvalue weighted by atomic mass is 32.1. The van der Waals surface area contributed by atoms with E-state index in [4.69, 9.17) is 9.40 Å². The van der Waals surface area contributed by atoms with Gasteiger partial charge in [-0.2, -0.15) is 0 Å². The molecular formula is C53H32N2OS. The molecule has 4 heterocycles. The van der Waals surface area contributed by atoms with Gasteiger partial charge >= 0.3 is 0 Å². The molecule has 0 aliphatic heterocycles. The van der Waals surface area contributed by atoms with Gasteiger partial charge < -0.3 is 8.98 Å². The molecule has 57 heavy (non-hydrogen) atoms. The normalized spacial score (nSPS) is 11.9. The standard InChI is InChI=1S/C53H32N2OS/c1-2-11-33(12-3-1)35-13-10-14-36(29-35)44-31-38(32-45(54-44)37-23-28-51-43(30-37)40-15-6-9-20-50(40)57-51)34-21-24-39(25-22-34)55-46-18-7-4-16-41(46)52-47(55)26-27-49-53(52)42-17-5-8-19-48(42)56-49/h1-32H. The first kappa shape index (κ1) is 32.0. The third-order valence-electron chi connectivity index (χ3n) is 11.4. The van der Waals surface area contributed by atoms with Crippen LogP contribution in [0.5, 0.6) is 0 Å². The first-order chi connectivity index (χ1) is 28.2. The molecule has 0 atom stereocenters. The fourth-order valence-corrected chi connectivity index (χ4v) is 9.81. The van der Waals surface area contributed by atoms with Gasteiger partial charge in [-0.1, -0.05) is 121 Å². The highest BCUT2D eigenvalue weighted by molar-refractivity contribution is 7.25. The number of benzene rings is 8. The summed E-state index contributed by atoms with van der Waals surface area (Å²) in [6, 6.07) is 69.6. The van der Waals surface area contributed by atoms with Crippen LogP contribution in [0.4, 0.5) is 0 Å². The Morgan fingerprint density at radius 2 is 1.02 bits per heavy atom. The molecule has 0 aliphatic rings. The van der Waals surface area contributed by atoms with Crippen LogP contribution in [0.25, 0.3) is 114 Å². The Bertz CT molecular complexity index is 3520. The van der Waals surface area contributed by atoms with E-state index in [2.05, 4.69) is 193 Å². The summed E-state index contributed by atoms with van der Waals surface area (Å²) >= 11 is 1.84. The van der Waals surface area contributed by atoms with E-state index in [0.717, 1.165) is 66.8 Å². The minimum Gasteiger partial charge on any atom is -0.456 e. The van der Waals surface area contributed by atoms with Gasteiger partial charge in [-0.15, -0.1) is 11.3 Å². The minimum absolute atomic E-state index is 0.909. The number of rotatable bonds is 5. The molecule has 0 aliphatic carbocycles. The minimum atomic E-state index is 0.909. The van der Waals surface area contributed by atoms with Crippen molar-refractivity contribution in [2.24, 2.45) is 0 Å². The van der Waals surface area contributed by atoms with Crippen LogP contribution in [0.15, 0.2) is 199 Å².